The topological polar surface area (TPSA) is 42.2 Å². The molecule has 0 bridgehead atoms. The summed E-state index contributed by atoms with van der Waals surface area (Å²) in [6.07, 6.45) is 6.29. The number of hydrogen-bond acceptors (Lipinski definition) is 3. The van der Waals surface area contributed by atoms with Crippen molar-refractivity contribution < 1.29 is 0 Å². The van der Waals surface area contributed by atoms with E-state index in [1.165, 1.54) is 5.56 Å². The molecule has 0 aromatic carbocycles. The van der Waals surface area contributed by atoms with Crippen molar-refractivity contribution in [1.29, 1.82) is 0 Å². The molecule has 2 aromatic rings. The second kappa shape index (κ2) is 5.27. The van der Waals surface area contributed by atoms with E-state index in [-0.39, 0.29) is 0 Å². The van der Waals surface area contributed by atoms with Crippen LogP contribution < -0.4 is 5.32 Å². The number of nitrogens with one attached hydrogen (secondary N) is 1. The van der Waals surface area contributed by atoms with Crippen LogP contribution in [-0.4, -0.2) is 20.6 Å². The zero-order valence-corrected chi connectivity index (χ0v) is 10.8. The van der Waals surface area contributed by atoms with Gasteiger partial charge in [0.25, 0.3) is 0 Å². The SMILES string of the molecule is CCC(CC)NCc1cnc2cc(C)nn2c1. The molecule has 0 saturated carbocycles. The lowest BCUT2D eigenvalue weighted by atomic mass is 10.1. The summed E-state index contributed by atoms with van der Waals surface area (Å²) >= 11 is 0. The van der Waals surface area contributed by atoms with Crippen LogP contribution in [0.3, 0.4) is 0 Å². The Balaban J connectivity index is 2.08. The molecule has 92 valence electrons. The molecule has 0 aliphatic heterocycles. The summed E-state index contributed by atoms with van der Waals surface area (Å²) in [4.78, 5) is 4.39. The summed E-state index contributed by atoms with van der Waals surface area (Å²) in [6, 6.07) is 2.57. The fourth-order valence-corrected chi connectivity index (χ4v) is 1.96. The van der Waals surface area contributed by atoms with Gasteiger partial charge in [-0.2, -0.15) is 5.10 Å². The Morgan fingerprint density at radius 3 is 2.82 bits per heavy atom. The Morgan fingerprint density at radius 2 is 2.12 bits per heavy atom. The first-order chi connectivity index (χ1) is 8.22. The number of nitrogens with zero attached hydrogens (tertiary/aromatic N) is 3. The minimum atomic E-state index is 0.588. The molecule has 1 N–H and O–H groups in total. The maximum absolute atomic E-state index is 4.39. The van der Waals surface area contributed by atoms with Gasteiger partial charge in [0.05, 0.1) is 5.69 Å². The molecule has 0 saturated heterocycles. The van der Waals surface area contributed by atoms with Crippen molar-refractivity contribution in [2.75, 3.05) is 0 Å². The number of hydrogen-bond donors (Lipinski definition) is 1. The summed E-state index contributed by atoms with van der Waals surface area (Å²) in [6.45, 7) is 7.25. The lowest BCUT2D eigenvalue weighted by Crippen LogP contribution is -2.27. The molecule has 2 aromatic heterocycles. The van der Waals surface area contributed by atoms with Crippen molar-refractivity contribution in [2.45, 2.75) is 46.2 Å². The summed E-state index contributed by atoms with van der Waals surface area (Å²) in [7, 11) is 0. The van der Waals surface area contributed by atoms with Crippen molar-refractivity contribution in [3.63, 3.8) is 0 Å². The Morgan fingerprint density at radius 1 is 1.35 bits per heavy atom. The van der Waals surface area contributed by atoms with Crippen LogP contribution in [0.2, 0.25) is 0 Å². The molecule has 0 spiro atoms. The van der Waals surface area contributed by atoms with Crippen LogP contribution in [0.4, 0.5) is 0 Å². The van der Waals surface area contributed by atoms with Crippen LogP contribution in [-0.2, 0) is 6.54 Å². The molecule has 0 amide bonds. The third-order valence-electron chi connectivity index (χ3n) is 3.07. The predicted molar refractivity (Wildman–Crippen MR) is 68.9 cm³/mol. The number of aromatic nitrogens is 3. The number of aryl methyl sites for hydroxylation is 1. The highest BCUT2D eigenvalue weighted by atomic mass is 15.2. The molecule has 0 fully saturated rings. The molecule has 0 aliphatic carbocycles. The van der Waals surface area contributed by atoms with Gasteiger partial charge in [0.1, 0.15) is 0 Å². The van der Waals surface area contributed by atoms with Gasteiger partial charge in [-0.3, -0.25) is 0 Å². The minimum Gasteiger partial charge on any atom is -0.310 e. The lowest BCUT2D eigenvalue weighted by molar-refractivity contribution is 0.483. The van der Waals surface area contributed by atoms with Gasteiger partial charge in [-0.05, 0) is 19.8 Å². The first-order valence-electron chi connectivity index (χ1n) is 6.27. The minimum absolute atomic E-state index is 0.588. The van der Waals surface area contributed by atoms with Crippen LogP contribution in [0, 0.1) is 6.92 Å². The second-order valence-corrected chi connectivity index (χ2v) is 4.45. The Hall–Kier alpha value is -1.42. The predicted octanol–water partition coefficient (Wildman–Crippen LogP) is 2.32. The van der Waals surface area contributed by atoms with Crippen LogP contribution in [0.25, 0.3) is 5.65 Å². The molecule has 2 heterocycles. The first-order valence-corrected chi connectivity index (χ1v) is 6.27. The molecule has 0 aliphatic rings. The smallest absolute Gasteiger partial charge is 0.155 e. The maximum atomic E-state index is 4.39. The highest BCUT2D eigenvalue weighted by Crippen LogP contribution is 2.05. The highest BCUT2D eigenvalue weighted by molar-refractivity contribution is 5.38. The molecule has 0 radical (unpaired) electrons. The van der Waals surface area contributed by atoms with Gasteiger partial charge in [-0.15, -0.1) is 0 Å². The maximum Gasteiger partial charge on any atom is 0.155 e. The van der Waals surface area contributed by atoms with Crippen LogP contribution >= 0.6 is 0 Å². The molecule has 0 unspecified atom stereocenters. The van der Waals surface area contributed by atoms with E-state index in [2.05, 4.69) is 29.2 Å². The third-order valence-corrected chi connectivity index (χ3v) is 3.07. The highest BCUT2D eigenvalue weighted by Gasteiger charge is 2.04. The number of fused-ring (bicyclic) bond motifs is 1. The van der Waals surface area contributed by atoms with E-state index >= 15 is 0 Å². The first kappa shape index (κ1) is 12.0. The average Bonchev–Trinajstić information content (AvgIpc) is 2.69. The standard InChI is InChI=1S/C13H20N4/c1-4-12(5-2)14-7-11-8-15-13-6-10(3)16-17(13)9-11/h6,8-9,12,14H,4-5,7H2,1-3H3. The van der Waals surface area contributed by atoms with E-state index in [1.807, 2.05) is 29.9 Å². The van der Waals surface area contributed by atoms with Gasteiger partial charge in [0.15, 0.2) is 5.65 Å². The van der Waals surface area contributed by atoms with Crippen LogP contribution in [0.5, 0.6) is 0 Å². The molecular weight excluding hydrogens is 212 g/mol. The summed E-state index contributed by atoms with van der Waals surface area (Å²) in [5, 5.41) is 7.89. The van der Waals surface area contributed by atoms with E-state index in [4.69, 9.17) is 0 Å². The van der Waals surface area contributed by atoms with E-state index in [0.29, 0.717) is 6.04 Å². The molecule has 4 nitrogen and oxygen atoms in total. The van der Waals surface area contributed by atoms with Gasteiger partial charge in [0, 0.05) is 36.6 Å². The Labute approximate surface area is 102 Å². The second-order valence-electron chi connectivity index (χ2n) is 4.45. The normalized spacial score (nSPS) is 11.5. The summed E-state index contributed by atoms with van der Waals surface area (Å²) in [5.41, 5.74) is 3.09. The van der Waals surface area contributed by atoms with Crippen molar-refractivity contribution in [3.05, 3.63) is 29.7 Å². The largest absolute Gasteiger partial charge is 0.310 e. The summed E-state index contributed by atoms with van der Waals surface area (Å²) in [5.74, 6) is 0. The van der Waals surface area contributed by atoms with Crippen molar-refractivity contribution >= 4 is 5.65 Å². The van der Waals surface area contributed by atoms with Crippen molar-refractivity contribution in [2.24, 2.45) is 0 Å². The zero-order valence-electron chi connectivity index (χ0n) is 10.8. The fraction of sp³-hybridized carbons (Fsp3) is 0.538. The van der Waals surface area contributed by atoms with E-state index in [1.54, 1.807) is 0 Å². The van der Waals surface area contributed by atoms with Crippen molar-refractivity contribution in [3.8, 4) is 0 Å². The van der Waals surface area contributed by atoms with Crippen LogP contribution in [0.15, 0.2) is 18.5 Å². The monoisotopic (exact) mass is 232 g/mol. The van der Waals surface area contributed by atoms with Gasteiger partial charge < -0.3 is 5.32 Å². The molecule has 2 rings (SSSR count). The fourth-order valence-electron chi connectivity index (χ4n) is 1.96. The van der Waals surface area contributed by atoms with Gasteiger partial charge in [0.2, 0.25) is 0 Å². The summed E-state index contributed by atoms with van der Waals surface area (Å²) < 4.78 is 1.85. The van der Waals surface area contributed by atoms with E-state index < -0.39 is 0 Å². The molecule has 17 heavy (non-hydrogen) atoms. The Bertz CT molecular complexity index is 485. The van der Waals surface area contributed by atoms with E-state index in [9.17, 15) is 0 Å². The lowest BCUT2D eigenvalue weighted by Gasteiger charge is -2.14. The molecule has 4 heteroatoms. The van der Waals surface area contributed by atoms with Gasteiger partial charge in [-0.1, -0.05) is 13.8 Å². The molecular formula is C13H20N4. The zero-order chi connectivity index (χ0) is 12.3. The molecule has 0 atom stereocenters. The van der Waals surface area contributed by atoms with Gasteiger partial charge in [-0.25, -0.2) is 9.50 Å². The van der Waals surface area contributed by atoms with Crippen LogP contribution in [0.1, 0.15) is 37.9 Å². The quantitative estimate of drug-likeness (QED) is 0.860. The van der Waals surface area contributed by atoms with Gasteiger partial charge >= 0.3 is 0 Å². The Kier molecular flexibility index (Phi) is 3.74. The third kappa shape index (κ3) is 2.82. The van der Waals surface area contributed by atoms with E-state index in [0.717, 1.165) is 30.7 Å². The number of rotatable bonds is 5. The average molecular weight is 232 g/mol. The van der Waals surface area contributed by atoms with Crippen molar-refractivity contribution in [1.82, 2.24) is 19.9 Å².